The zero-order valence-electron chi connectivity index (χ0n) is 16.3. The number of aryl methyl sites for hydroxylation is 1. The SMILES string of the molecule is CCCCc1ccc(-n2nnnc2SCC(=O)NC(C)(C#N)C(C)C)cc1. The second-order valence-electron chi connectivity index (χ2n) is 6.95. The highest BCUT2D eigenvalue weighted by Crippen LogP contribution is 2.20. The number of carbonyl (C=O) groups is 1. The number of tetrazole rings is 1. The van der Waals surface area contributed by atoms with Crippen molar-refractivity contribution in [3.05, 3.63) is 29.8 Å². The Bertz CT molecular complexity index is 795. The molecule has 1 atom stereocenters. The molecule has 2 aromatic rings. The first-order valence-corrected chi connectivity index (χ1v) is 10.1. The van der Waals surface area contributed by atoms with Crippen LogP contribution < -0.4 is 5.32 Å². The summed E-state index contributed by atoms with van der Waals surface area (Å²) in [5, 5.41) is 24.4. The van der Waals surface area contributed by atoms with Crippen LogP contribution in [-0.4, -0.2) is 37.4 Å². The van der Waals surface area contributed by atoms with E-state index in [9.17, 15) is 10.1 Å². The number of hydrogen-bond acceptors (Lipinski definition) is 6. The van der Waals surface area contributed by atoms with Crippen LogP contribution in [0.2, 0.25) is 0 Å². The van der Waals surface area contributed by atoms with E-state index in [4.69, 9.17) is 0 Å². The Labute approximate surface area is 164 Å². The van der Waals surface area contributed by atoms with Crippen molar-refractivity contribution in [2.75, 3.05) is 5.75 Å². The Balaban J connectivity index is 2.01. The van der Waals surface area contributed by atoms with Crippen molar-refractivity contribution in [1.29, 1.82) is 5.26 Å². The molecule has 1 heterocycles. The first-order chi connectivity index (χ1) is 12.9. The summed E-state index contributed by atoms with van der Waals surface area (Å²) in [6.45, 7) is 7.71. The fourth-order valence-electron chi connectivity index (χ4n) is 2.37. The van der Waals surface area contributed by atoms with Crippen molar-refractivity contribution in [2.24, 2.45) is 5.92 Å². The van der Waals surface area contributed by atoms with Crippen LogP contribution in [0.4, 0.5) is 0 Å². The zero-order chi connectivity index (χ0) is 19.9. The topological polar surface area (TPSA) is 96.5 Å². The maximum atomic E-state index is 12.2. The normalized spacial score (nSPS) is 13.2. The molecule has 1 aromatic heterocycles. The molecule has 0 saturated heterocycles. The maximum absolute atomic E-state index is 12.2. The highest BCUT2D eigenvalue weighted by Gasteiger charge is 2.30. The van der Waals surface area contributed by atoms with Crippen molar-refractivity contribution in [1.82, 2.24) is 25.5 Å². The van der Waals surface area contributed by atoms with Gasteiger partial charge in [-0.1, -0.05) is 51.1 Å². The third kappa shape index (κ3) is 5.54. The summed E-state index contributed by atoms with van der Waals surface area (Å²) < 4.78 is 1.62. The number of amides is 1. The summed E-state index contributed by atoms with van der Waals surface area (Å²) >= 11 is 1.24. The molecule has 8 heteroatoms. The number of nitriles is 1. The number of aromatic nitrogens is 4. The first-order valence-electron chi connectivity index (χ1n) is 9.12. The van der Waals surface area contributed by atoms with E-state index >= 15 is 0 Å². The number of nitrogens with one attached hydrogen (secondary N) is 1. The van der Waals surface area contributed by atoms with E-state index in [1.165, 1.54) is 30.2 Å². The average molecular weight is 387 g/mol. The molecular weight excluding hydrogens is 360 g/mol. The number of benzene rings is 1. The van der Waals surface area contributed by atoms with E-state index in [2.05, 4.69) is 46.0 Å². The molecule has 0 saturated carbocycles. The Morgan fingerprint density at radius 2 is 2.07 bits per heavy atom. The molecule has 0 spiro atoms. The van der Waals surface area contributed by atoms with Gasteiger partial charge in [0.2, 0.25) is 11.1 Å². The number of rotatable bonds is 9. The van der Waals surface area contributed by atoms with Crippen LogP contribution in [0.15, 0.2) is 29.4 Å². The largest absolute Gasteiger partial charge is 0.337 e. The third-order valence-corrected chi connectivity index (χ3v) is 5.48. The molecule has 0 aliphatic carbocycles. The van der Waals surface area contributed by atoms with Gasteiger partial charge in [-0.15, -0.1) is 5.10 Å². The van der Waals surface area contributed by atoms with E-state index in [0.717, 1.165) is 12.1 Å². The van der Waals surface area contributed by atoms with Crippen molar-refractivity contribution >= 4 is 17.7 Å². The molecule has 0 bridgehead atoms. The van der Waals surface area contributed by atoms with Crippen molar-refractivity contribution in [3.63, 3.8) is 0 Å². The quantitative estimate of drug-likeness (QED) is 0.665. The van der Waals surface area contributed by atoms with Gasteiger partial charge in [0.25, 0.3) is 0 Å². The third-order valence-electron chi connectivity index (χ3n) is 4.56. The van der Waals surface area contributed by atoms with Crippen LogP contribution in [0.25, 0.3) is 5.69 Å². The molecule has 1 amide bonds. The molecular formula is C19H26N6OS. The molecule has 1 N–H and O–H groups in total. The lowest BCUT2D eigenvalue weighted by atomic mass is 9.90. The van der Waals surface area contributed by atoms with E-state index < -0.39 is 5.54 Å². The Morgan fingerprint density at radius 1 is 1.37 bits per heavy atom. The lowest BCUT2D eigenvalue weighted by Gasteiger charge is -2.27. The minimum absolute atomic E-state index is 0.00740. The molecule has 7 nitrogen and oxygen atoms in total. The van der Waals surface area contributed by atoms with E-state index in [1.807, 2.05) is 26.0 Å². The van der Waals surface area contributed by atoms with Gasteiger partial charge in [0.1, 0.15) is 5.54 Å². The van der Waals surface area contributed by atoms with Gasteiger partial charge < -0.3 is 5.32 Å². The molecule has 27 heavy (non-hydrogen) atoms. The predicted octanol–water partition coefficient (Wildman–Crippen LogP) is 3.15. The number of nitrogens with zero attached hydrogens (tertiary/aromatic N) is 5. The summed E-state index contributed by atoms with van der Waals surface area (Å²) in [5.41, 5.74) is 1.25. The molecule has 0 fully saturated rings. The monoisotopic (exact) mass is 386 g/mol. The van der Waals surface area contributed by atoms with Gasteiger partial charge in [-0.25, -0.2) is 0 Å². The van der Waals surface area contributed by atoms with Gasteiger partial charge in [-0.05, 0) is 53.8 Å². The highest BCUT2D eigenvalue weighted by molar-refractivity contribution is 7.99. The van der Waals surface area contributed by atoms with Crippen molar-refractivity contribution in [2.45, 2.75) is 57.7 Å². The van der Waals surface area contributed by atoms with Gasteiger partial charge >= 0.3 is 0 Å². The first kappa shape index (κ1) is 20.9. The van der Waals surface area contributed by atoms with Gasteiger partial charge in [-0.2, -0.15) is 9.94 Å². The van der Waals surface area contributed by atoms with E-state index in [0.29, 0.717) is 5.16 Å². The minimum Gasteiger partial charge on any atom is -0.337 e. The molecule has 1 aromatic carbocycles. The van der Waals surface area contributed by atoms with Gasteiger partial charge in [-0.3, -0.25) is 4.79 Å². The summed E-state index contributed by atoms with van der Waals surface area (Å²) in [6.07, 6.45) is 3.39. The lowest BCUT2D eigenvalue weighted by Crippen LogP contribution is -2.49. The van der Waals surface area contributed by atoms with Gasteiger partial charge in [0.15, 0.2) is 0 Å². The summed E-state index contributed by atoms with van der Waals surface area (Å²) in [4.78, 5) is 12.2. The minimum atomic E-state index is -0.891. The highest BCUT2D eigenvalue weighted by atomic mass is 32.2. The van der Waals surface area contributed by atoms with Crippen LogP contribution in [-0.2, 0) is 11.2 Å². The second-order valence-corrected chi connectivity index (χ2v) is 7.89. The number of thioether (sulfide) groups is 1. The Morgan fingerprint density at radius 3 is 2.67 bits per heavy atom. The van der Waals surface area contributed by atoms with Crippen LogP contribution >= 0.6 is 11.8 Å². The van der Waals surface area contributed by atoms with Gasteiger partial charge in [0, 0.05) is 0 Å². The van der Waals surface area contributed by atoms with Crippen LogP contribution in [0.5, 0.6) is 0 Å². The zero-order valence-corrected chi connectivity index (χ0v) is 17.1. The standard InChI is InChI=1S/C19H26N6OS/c1-5-6-7-15-8-10-16(11-9-15)25-18(22-23-24-25)27-12-17(26)21-19(4,13-20)14(2)3/h8-11,14H,5-7,12H2,1-4H3,(H,21,26). The van der Waals surface area contributed by atoms with Crippen molar-refractivity contribution < 1.29 is 4.79 Å². The number of hydrogen-bond donors (Lipinski definition) is 1. The number of unbranched alkanes of at least 4 members (excludes halogenated alkanes) is 1. The van der Waals surface area contributed by atoms with E-state index in [-0.39, 0.29) is 17.6 Å². The summed E-state index contributed by atoms with van der Waals surface area (Å²) in [7, 11) is 0. The average Bonchev–Trinajstić information content (AvgIpc) is 3.13. The Hall–Kier alpha value is -2.40. The van der Waals surface area contributed by atoms with E-state index in [1.54, 1.807) is 11.6 Å². The van der Waals surface area contributed by atoms with Gasteiger partial charge in [0.05, 0.1) is 17.5 Å². The molecule has 0 aliphatic heterocycles. The maximum Gasteiger partial charge on any atom is 0.231 e. The van der Waals surface area contributed by atoms with Crippen LogP contribution in [0, 0.1) is 17.2 Å². The molecule has 144 valence electrons. The van der Waals surface area contributed by atoms with Crippen LogP contribution in [0.3, 0.4) is 0 Å². The second kappa shape index (κ2) is 9.51. The fraction of sp³-hybridized carbons (Fsp3) is 0.526. The fourth-order valence-corrected chi connectivity index (χ4v) is 3.06. The number of carbonyl (C=O) groups excluding carboxylic acids is 1. The van der Waals surface area contributed by atoms with Crippen molar-refractivity contribution in [3.8, 4) is 11.8 Å². The molecule has 0 radical (unpaired) electrons. The molecule has 2 rings (SSSR count). The smallest absolute Gasteiger partial charge is 0.231 e. The predicted molar refractivity (Wildman–Crippen MR) is 105 cm³/mol. The summed E-state index contributed by atoms with van der Waals surface area (Å²) in [5.74, 6) is -0.0749. The molecule has 0 aliphatic rings. The summed E-state index contributed by atoms with van der Waals surface area (Å²) in [6, 6.07) is 10.3. The van der Waals surface area contributed by atoms with Crippen LogP contribution in [0.1, 0.15) is 46.1 Å². The molecule has 1 unspecified atom stereocenters. The lowest BCUT2D eigenvalue weighted by molar-refractivity contribution is -0.120. The Kier molecular flexibility index (Phi) is 7.36.